The van der Waals surface area contributed by atoms with Crippen LogP contribution in [-0.4, -0.2) is 18.3 Å². The number of carbonyl (C=O) groups is 2. The van der Waals surface area contributed by atoms with Crippen molar-refractivity contribution in [3.8, 4) is 5.75 Å². The normalized spacial score (nSPS) is 11.7. The van der Waals surface area contributed by atoms with Gasteiger partial charge in [0.05, 0.1) is 6.04 Å². The Balaban J connectivity index is 1.49. The molecule has 0 unspecified atom stereocenters. The molecule has 0 heterocycles. The second-order valence-electron chi connectivity index (χ2n) is 8.14. The molecule has 0 aromatic heterocycles. The molecule has 160 valence electrons. The quantitative estimate of drug-likeness (QED) is 0.478. The van der Waals surface area contributed by atoms with Crippen LogP contribution in [0.4, 0.5) is 0 Å². The molecule has 3 aromatic carbocycles. The molecule has 4 nitrogen and oxygen atoms in total. The van der Waals surface area contributed by atoms with Crippen LogP contribution in [0, 0.1) is 5.92 Å². The van der Waals surface area contributed by atoms with Crippen LogP contribution in [0.25, 0.3) is 0 Å². The van der Waals surface area contributed by atoms with E-state index < -0.39 is 0 Å². The average Bonchev–Trinajstić information content (AvgIpc) is 2.78. The SMILES string of the molecule is CC(C)Cc1ccc([C@H](C)NC(=O)COc2ccc(C(=O)c3ccccc3)cc2)cc1. The maximum absolute atomic E-state index is 12.4. The third kappa shape index (κ3) is 6.54. The Morgan fingerprint density at radius 3 is 2.03 bits per heavy atom. The third-order valence-electron chi connectivity index (χ3n) is 5.02. The molecule has 3 aromatic rings. The maximum atomic E-state index is 12.4. The smallest absolute Gasteiger partial charge is 0.258 e. The van der Waals surface area contributed by atoms with Crippen LogP contribution < -0.4 is 10.1 Å². The van der Waals surface area contributed by atoms with Crippen molar-refractivity contribution >= 4 is 11.7 Å². The standard InChI is InChI=1S/C27H29NO3/c1-19(2)17-21-9-11-22(12-10-21)20(3)28-26(29)18-31-25-15-13-24(14-16-25)27(30)23-7-5-4-6-8-23/h4-16,19-20H,17-18H2,1-3H3,(H,28,29)/t20-/m0/s1. The van der Waals surface area contributed by atoms with Gasteiger partial charge in [-0.25, -0.2) is 0 Å². The molecule has 0 fully saturated rings. The van der Waals surface area contributed by atoms with Gasteiger partial charge in [-0.15, -0.1) is 0 Å². The van der Waals surface area contributed by atoms with Gasteiger partial charge in [-0.3, -0.25) is 9.59 Å². The summed E-state index contributed by atoms with van der Waals surface area (Å²) in [5, 5.41) is 2.96. The first-order chi connectivity index (χ1) is 14.9. The molecule has 1 atom stereocenters. The monoisotopic (exact) mass is 415 g/mol. The van der Waals surface area contributed by atoms with Gasteiger partial charge in [0.25, 0.3) is 5.91 Å². The summed E-state index contributed by atoms with van der Waals surface area (Å²) < 4.78 is 5.58. The summed E-state index contributed by atoms with van der Waals surface area (Å²) >= 11 is 0. The Bertz CT molecular complexity index is 993. The van der Waals surface area contributed by atoms with Gasteiger partial charge in [-0.1, -0.05) is 68.4 Å². The highest BCUT2D eigenvalue weighted by Crippen LogP contribution is 2.17. The Kier molecular flexibility index (Phi) is 7.60. The fourth-order valence-corrected chi connectivity index (χ4v) is 3.39. The summed E-state index contributed by atoms with van der Waals surface area (Å²) in [4.78, 5) is 24.7. The number of hydrogen-bond donors (Lipinski definition) is 1. The molecule has 0 aliphatic carbocycles. The lowest BCUT2D eigenvalue weighted by Crippen LogP contribution is -2.31. The minimum Gasteiger partial charge on any atom is -0.484 e. The van der Waals surface area contributed by atoms with Gasteiger partial charge in [-0.2, -0.15) is 0 Å². The van der Waals surface area contributed by atoms with Gasteiger partial charge < -0.3 is 10.1 Å². The number of benzene rings is 3. The van der Waals surface area contributed by atoms with E-state index >= 15 is 0 Å². The van der Waals surface area contributed by atoms with Crippen molar-refractivity contribution in [2.75, 3.05) is 6.61 Å². The van der Waals surface area contributed by atoms with Crippen molar-refractivity contribution in [1.82, 2.24) is 5.32 Å². The summed E-state index contributed by atoms with van der Waals surface area (Å²) in [5.74, 6) is 0.928. The van der Waals surface area contributed by atoms with E-state index in [0.717, 1.165) is 12.0 Å². The first-order valence-corrected chi connectivity index (χ1v) is 10.6. The molecule has 0 aliphatic rings. The highest BCUT2D eigenvalue weighted by atomic mass is 16.5. The number of nitrogens with one attached hydrogen (secondary N) is 1. The summed E-state index contributed by atoms with van der Waals surface area (Å²) in [7, 11) is 0. The molecule has 0 spiro atoms. The van der Waals surface area contributed by atoms with E-state index in [-0.39, 0.29) is 24.3 Å². The highest BCUT2D eigenvalue weighted by molar-refractivity contribution is 6.08. The van der Waals surface area contributed by atoms with Gasteiger partial charge in [-0.05, 0) is 54.7 Å². The molecule has 1 amide bonds. The number of amides is 1. The zero-order valence-corrected chi connectivity index (χ0v) is 18.3. The van der Waals surface area contributed by atoms with Crippen LogP contribution in [0.5, 0.6) is 5.75 Å². The Morgan fingerprint density at radius 1 is 0.806 bits per heavy atom. The Morgan fingerprint density at radius 2 is 1.42 bits per heavy atom. The van der Waals surface area contributed by atoms with Crippen molar-refractivity contribution in [2.45, 2.75) is 33.2 Å². The molecule has 0 saturated carbocycles. The molecule has 0 radical (unpaired) electrons. The second-order valence-corrected chi connectivity index (χ2v) is 8.14. The Hall–Kier alpha value is -3.40. The van der Waals surface area contributed by atoms with Gasteiger partial charge >= 0.3 is 0 Å². The number of hydrogen-bond acceptors (Lipinski definition) is 3. The second kappa shape index (κ2) is 10.6. The van der Waals surface area contributed by atoms with Crippen molar-refractivity contribution in [3.63, 3.8) is 0 Å². The lowest BCUT2D eigenvalue weighted by molar-refractivity contribution is -0.123. The zero-order chi connectivity index (χ0) is 22.2. The summed E-state index contributed by atoms with van der Waals surface area (Å²) in [6.07, 6.45) is 1.05. The van der Waals surface area contributed by atoms with Gasteiger partial charge in [0.15, 0.2) is 12.4 Å². The van der Waals surface area contributed by atoms with Crippen LogP contribution in [-0.2, 0) is 11.2 Å². The molecule has 4 heteroatoms. The fraction of sp³-hybridized carbons (Fsp3) is 0.259. The molecule has 0 saturated heterocycles. The first-order valence-electron chi connectivity index (χ1n) is 10.6. The van der Waals surface area contributed by atoms with E-state index in [4.69, 9.17) is 4.74 Å². The predicted molar refractivity (Wildman–Crippen MR) is 123 cm³/mol. The van der Waals surface area contributed by atoms with Crippen LogP contribution >= 0.6 is 0 Å². The van der Waals surface area contributed by atoms with E-state index in [2.05, 4.69) is 43.4 Å². The molecule has 0 aliphatic heterocycles. The van der Waals surface area contributed by atoms with E-state index in [0.29, 0.717) is 22.8 Å². The molecule has 0 bridgehead atoms. The van der Waals surface area contributed by atoms with E-state index in [9.17, 15) is 9.59 Å². The van der Waals surface area contributed by atoms with Gasteiger partial charge in [0.1, 0.15) is 5.75 Å². The summed E-state index contributed by atoms with van der Waals surface area (Å²) in [6, 6.07) is 24.2. The number of ether oxygens (including phenoxy) is 1. The molecular weight excluding hydrogens is 386 g/mol. The lowest BCUT2D eigenvalue weighted by atomic mass is 10.00. The summed E-state index contributed by atoms with van der Waals surface area (Å²) in [6.45, 7) is 6.28. The number of rotatable bonds is 9. The highest BCUT2D eigenvalue weighted by Gasteiger charge is 2.12. The molecule has 31 heavy (non-hydrogen) atoms. The maximum Gasteiger partial charge on any atom is 0.258 e. The fourth-order valence-electron chi connectivity index (χ4n) is 3.39. The predicted octanol–water partition coefficient (Wildman–Crippen LogP) is 5.37. The topological polar surface area (TPSA) is 55.4 Å². The van der Waals surface area contributed by atoms with Crippen LogP contribution in [0.15, 0.2) is 78.9 Å². The lowest BCUT2D eigenvalue weighted by Gasteiger charge is -2.15. The first kappa shape index (κ1) is 22.3. The van der Waals surface area contributed by atoms with Crippen molar-refractivity contribution in [2.24, 2.45) is 5.92 Å². The van der Waals surface area contributed by atoms with Gasteiger partial charge in [0, 0.05) is 11.1 Å². The van der Waals surface area contributed by atoms with Crippen LogP contribution in [0.2, 0.25) is 0 Å². The minimum absolute atomic E-state index is 0.0434. The van der Waals surface area contributed by atoms with E-state index in [1.54, 1.807) is 36.4 Å². The van der Waals surface area contributed by atoms with Crippen molar-refractivity contribution < 1.29 is 14.3 Å². The zero-order valence-electron chi connectivity index (χ0n) is 18.3. The number of carbonyl (C=O) groups excluding carboxylic acids is 2. The van der Waals surface area contributed by atoms with E-state index in [1.807, 2.05) is 25.1 Å². The molecular formula is C27H29NO3. The summed E-state index contributed by atoms with van der Waals surface area (Å²) in [5.41, 5.74) is 3.58. The minimum atomic E-state index is -0.191. The molecule has 1 N–H and O–H groups in total. The van der Waals surface area contributed by atoms with Crippen LogP contribution in [0.3, 0.4) is 0 Å². The van der Waals surface area contributed by atoms with Gasteiger partial charge in [0.2, 0.25) is 0 Å². The third-order valence-corrected chi connectivity index (χ3v) is 5.02. The number of ketones is 1. The largest absolute Gasteiger partial charge is 0.484 e. The van der Waals surface area contributed by atoms with E-state index in [1.165, 1.54) is 5.56 Å². The average molecular weight is 416 g/mol. The molecule has 3 rings (SSSR count). The van der Waals surface area contributed by atoms with Crippen LogP contribution in [0.1, 0.15) is 53.9 Å². The van der Waals surface area contributed by atoms with Crippen molar-refractivity contribution in [3.05, 3.63) is 101 Å². The van der Waals surface area contributed by atoms with Crippen molar-refractivity contribution in [1.29, 1.82) is 0 Å². The Labute approximate surface area is 184 Å².